The zero-order valence-electron chi connectivity index (χ0n) is 14.9. The highest BCUT2D eigenvalue weighted by Crippen LogP contribution is 2.32. The van der Waals surface area contributed by atoms with E-state index in [9.17, 15) is 13.2 Å². The third-order valence-electron chi connectivity index (χ3n) is 4.24. The Morgan fingerprint density at radius 2 is 1.93 bits per heavy atom. The number of sulfonamides is 1. The summed E-state index contributed by atoms with van der Waals surface area (Å²) in [5, 5.41) is 5.82. The number of nitrogens with one attached hydrogen (secondary N) is 2. The number of hydrogen-bond donors (Lipinski definition) is 2. The highest BCUT2D eigenvalue weighted by Gasteiger charge is 2.28. The van der Waals surface area contributed by atoms with Gasteiger partial charge in [-0.2, -0.15) is 0 Å². The maximum atomic E-state index is 12.6. The van der Waals surface area contributed by atoms with Gasteiger partial charge in [-0.25, -0.2) is 18.1 Å². The molecule has 1 saturated carbocycles. The van der Waals surface area contributed by atoms with E-state index in [0.717, 1.165) is 12.8 Å². The van der Waals surface area contributed by atoms with E-state index in [0.29, 0.717) is 26.4 Å². The average Bonchev–Trinajstić information content (AvgIpc) is 3.36. The summed E-state index contributed by atoms with van der Waals surface area (Å²) in [5.41, 5.74) is 1.54. The van der Waals surface area contributed by atoms with Gasteiger partial charge in [0.1, 0.15) is 0 Å². The van der Waals surface area contributed by atoms with E-state index < -0.39 is 15.9 Å². The molecule has 29 heavy (non-hydrogen) atoms. The fraction of sp³-hybridized carbons (Fsp3) is 0.158. The first kappa shape index (κ1) is 20.3. The summed E-state index contributed by atoms with van der Waals surface area (Å²) in [5.74, 6) is -0.448. The van der Waals surface area contributed by atoms with Crippen LogP contribution in [-0.2, 0) is 10.0 Å². The van der Waals surface area contributed by atoms with Gasteiger partial charge in [0.2, 0.25) is 10.0 Å². The van der Waals surface area contributed by atoms with Crippen LogP contribution in [0.5, 0.6) is 0 Å². The Balaban J connectivity index is 1.51. The number of carbonyl (C=O) groups excluding carboxylic acids is 1. The van der Waals surface area contributed by atoms with Crippen molar-refractivity contribution in [3.8, 4) is 11.3 Å². The second kappa shape index (κ2) is 8.04. The molecule has 4 rings (SSSR count). The van der Waals surface area contributed by atoms with Crippen molar-refractivity contribution in [3.05, 3.63) is 63.5 Å². The maximum absolute atomic E-state index is 12.6. The number of amides is 1. The predicted octanol–water partition coefficient (Wildman–Crippen LogP) is 4.81. The van der Waals surface area contributed by atoms with E-state index in [-0.39, 0.29) is 16.5 Å². The molecule has 0 radical (unpaired) electrons. The molecule has 10 heteroatoms. The zero-order chi connectivity index (χ0) is 20.6. The molecule has 3 aromatic rings. The molecule has 1 heterocycles. The van der Waals surface area contributed by atoms with Crippen LogP contribution in [0, 0.1) is 0 Å². The molecule has 1 aliphatic carbocycles. The van der Waals surface area contributed by atoms with Crippen molar-refractivity contribution in [1.82, 2.24) is 9.71 Å². The van der Waals surface area contributed by atoms with Gasteiger partial charge < -0.3 is 0 Å². The van der Waals surface area contributed by atoms with Gasteiger partial charge in [-0.3, -0.25) is 10.1 Å². The van der Waals surface area contributed by atoms with Crippen molar-refractivity contribution in [3.63, 3.8) is 0 Å². The molecule has 0 bridgehead atoms. The van der Waals surface area contributed by atoms with Crippen LogP contribution < -0.4 is 10.0 Å². The minimum atomic E-state index is -3.63. The van der Waals surface area contributed by atoms with E-state index >= 15 is 0 Å². The number of anilines is 1. The third-order valence-corrected chi connectivity index (χ3v) is 7.06. The summed E-state index contributed by atoms with van der Waals surface area (Å²) in [6.07, 6.45) is 1.67. The molecule has 2 aromatic carbocycles. The number of benzene rings is 2. The molecule has 1 aromatic heterocycles. The Kier molecular flexibility index (Phi) is 5.63. The Labute approximate surface area is 181 Å². The molecule has 6 nitrogen and oxygen atoms in total. The largest absolute Gasteiger partial charge is 0.298 e. The summed E-state index contributed by atoms with van der Waals surface area (Å²) >= 11 is 13.4. The summed E-state index contributed by atoms with van der Waals surface area (Å²) in [6, 6.07) is 11.0. The number of rotatable bonds is 6. The topological polar surface area (TPSA) is 88.2 Å². The predicted molar refractivity (Wildman–Crippen MR) is 115 cm³/mol. The fourth-order valence-corrected chi connectivity index (χ4v) is 5.18. The Morgan fingerprint density at radius 3 is 2.66 bits per heavy atom. The highest BCUT2D eigenvalue weighted by atomic mass is 35.5. The van der Waals surface area contributed by atoms with Crippen molar-refractivity contribution in [1.29, 1.82) is 0 Å². The van der Waals surface area contributed by atoms with Gasteiger partial charge in [0.25, 0.3) is 5.91 Å². The summed E-state index contributed by atoms with van der Waals surface area (Å²) in [7, 11) is -3.63. The summed E-state index contributed by atoms with van der Waals surface area (Å²) in [4.78, 5) is 17.0. The van der Waals surface area contributed by atoms with Crippen LogP contribution in [0.1, 0.15) is 23.2 Å². The third kappa shape index (κ3) is 4.79. The van der Waals surface area contributed by atoms with E-state index in [1.165, 1.54) is 29.5 Å². The number of hydrogen-bond acceptors (Lipinski definition) is 5. The van der Waals surface area contributed by atoms with Crippen molar-refractivity contribution < 1.29 is 13.2 Å². The molecule has 0 aliphatic heterocycles. The first-order chi connectivity index (χ1) is 13.8. The summed E-state index contributed by atoms with van der Waals surface area (Å²) < 4.78 is 27.3. The smallest absolute Gasteiger partial charge is 0.257 e. The second-order valence-corrected chi connectivity index (χ2v) is 9.96. The molecule has 0 spiro atoms. The van der Waals surface area contributed by atoms with Crippen molar-refractivity contribution in [2.45, 2.75) is 23.8 Å². The van der Waals surface area contributed by atoms with Gasteiger partial charge in [0.05, 0.1) is 15.6 Å². The van der Waals surface area contributed by atoms with Gasteiger partial charge >= 0.3 is 0 Å². The van der Waals surface area contributed by atoms with Crippen LogP contribution in [0.2, 0.25) is 10.0 Å². The SMILES string of the molecule is O=C(Nc1nc(-c2ccc(Cl)cc2Cl)cs1)c1cccc(S(=O)(=O)NC2CC2)c1. The molecule has 0 atom stereocenters. The van der Waals surface area contributed by atoms with Crippen LogP contribution in [-0.4, -0.2) is 25.4 Å². The van der Waals surface area contributed by atoms with E-state index in [1.807, 2.05) is 0 Å². The Morgan fingerprint density at radius 1 is 1.14 bits per heavy atom. The highest BCUT2D eigenvalue weighted by molar-refractivity contribution is 7.89. The standard InChI is InChI=1S/C19H15Cl2N3O3S2/c20-12-4-7-15(16(21)9-12)17-10-28-19(22-17)23-18(25)11-2-1-3-14(8-11)29(26,27)24-13-5-6-13/h1-4,7-10,13,24H,5-6H2,(H,22,23,25). The number of halogens is 2. The van der Waals surface area contributed by atoms with Crippen LogP contribution in [0.15, 0.2) is 52.7 Å². The molecule has 2 N–H and O–H groups in total. The Hall–Kier alpha value is -1.97. The molecule has 0 unspecified atom stereocenters. The van der Waals surface area contributed by atoms with Crippen LogP contribution in [0.4, 0.5) is 5.13 Å². The molecular formula is C19H15Cl2N3O3S2. The molecule has 150 valence electrons. The number of nitrogens with zero attached hydrogens (tertiary/aromatic N) is 1. The lowest BCUT2D eigenvalue weighted by atomic mass is 10.2. The van der Waals surface area contributed by atoms with Crippen molar-refractivity contribution in [2.24, 2.45) is 0 Å². The van der Waals surface area contributed by atoms with E-state index in [1.54, 1.807) is 29.6 Å². The molecule has 1 fully saturated rings. The number of carbonyl (C=O) groups is 1. The number of thiazole rings is 1. The van der Waals surface area contributed by atoms with Crippen LogP contribution >= 0.6 is 34.5 Å². The normalized spacial score (nSPS) is 14.0. The first-order valence-corrected chi connectivity index (χ1v) is 11.8. The van der Waals surface area contributed by atoms with Crippen LogP contribution in [0.25, 0.3) is 11.3 Å². The lowest BCUT2D eigenvalue weighted by molar-refractivity contribution is 0.102. The maximum Gasteiger partial charge on any atom is 0.257 e. The fourth-order valence-electron chi connectivity index (χ4n) is 2.61. The molecular weight excluding hydrogens is 453 g/mol. The molecule has 1 amide bonds. The van der Waals surface area contributed by atoms with Gasteiger partial charge in [0.15, 0.2) is 5.13 Å². The van der Waals surface area contributed by atoms with Crippen LogP contribution in [0.3, 0.4) is 0 Å². The van der Waals surface area contributed by atoms with Crippen molar-refractivity contribution >= 4 is 55.6 Å². The monoisotopic (exact) mass is 467 g/mol. The minimum absolute atomic E-state index is 0.00841. The lowest BCUT2D eigenvalue weighted by Crippen LogP contribution is -2.26. The summed E-state index contributed by atoms with van der Waals surface area (Å²) in [6.45, 7) is 0. The van der Waals surface area contributed by atoms with E-state index in [2.05, 4.69) is 15.0 Å². The zero-order valence-corrected chi connectivity index (χ0v) is 18.0. The van der Waals surface area contributed by atoms with Gasteiger partial charge in [-0.15, -0.1) is 11.3 Å². The Bertz CT molecular complexity index is 1190. The second-order valence-electron chi connectivity index (χ2n) is 6.54. The quantitative estimate of drug-likeness (QED) is 0.544. The lowest BCUT2D eigenvalue weighted by Gasteiger charge is -2.07. The van der Waals surface area contributed by atoms with E-state index in [4.69, 9.17) is 23.2 Å². The molecule has 1 aliphatic rings. The average molecular weight is 468 g/mol. The van der Waals surface area contributed by atoms with Gasteiger partial charge in [0, 0.05) is 27.6 Å². The number of aromatic nitrogens is 1. The van der Waals surface area contributed by atoms with Gasteiger partial charge in [-0.05, 0) is 49.2 Å². The molecule has 0 saturated heterocycles. The minimum Gasteiger partial charge on any atom is -0.298 e. The van der Waals surface area contributed by atoms with Crippen molar-refractivity contribution in [2.75, 3.05) is 5.32 Å². The first-order valence-electron chi connectivity index (χ1n) is 8.66. The van der Waals surface area contributed by atoms with Gasteiger partial charge in [-0.1, -0.05) is 29.3 Å².